The molecule has 17 heavy (non-hydrogen) atoms. The van der Waals surface area contributed by atoms with Gasteiger partial charge in [0.1, 0.15) is 0 Å². The van der Waals surface area contributed by atoms with Gasteiger partial charge in [-0.05, 0) is 26.3 Å². The van der Waals surface area contributed by atoms with Crippen LogP contribution in [0.25, 0.3) is 0 Å². The van der Waals surface area contributed by atoms with Crippen molar-refractivity contribution in [3.63, 3.8) is 0 Å². The van der Waals surface area contributed by atoms with Crippen LogP contribution in [0.1, 0.15) is 20.3 Å². The van der Waals surface area contributed by atoms with E-state index in [1.54, 1.807) is 6.07 Å². The minimum absolute atomic E-state index is 0.0412. The summed E-state index contributed by atoms with van der Waals surface area (Å²) >= 11 is 5.95. The second kappa shape index (κ2) is 5.33. The molecular formula is C11H15ClN2O3. The second-order valence-electron chi connectivity index (χ2n) is 4.40. The molecule has 0 amide bonds. The highest BCUT2D eigenvalue weighted by Gasteiger charge is 2.19. The lowest BCUT2D eigenvalue weighted by Crippen LogP contribution is -2.32. The molecule has 5 nitrogen and oxygen atoms in total. The predicted octanol–water partition coefficient (Wildman–Crippen LogP) is 2.82. The topological polar surface area (TPSA) is 75.4 Å². The van der Waals surface area contributed by atoms with Gasteiger partial charge in [0, 0.05) is 24.3 Å². The number of hydrogen-bond donors (Lipinski definition) is 2. The first-order valence-electron chi connectivity index (χ1n) is 5.19. The summed E-state index contributed by atoms with van der Waals surface area (Å²) in [6, 6.07) is 4.27. The monoisotopic (exact) mass is 258 g/mol. The Morgan fingerprint density at radius 3 is 2.65 bits per heavy atom. The number of nitro benzene ring substituents is 1. The van der Waals surface area contributed by atoms with Crippen molar-refractivity contribution in [3.8, 4) is 0 Å². The molecule has 2 N–H and O–H groups in total. The minimum atomic E-state index is -0.492. The highest BCUT2D eigenvalue weighted by Crippen LogP contribution is 2.29. The quantitative estimate of drug-likeness (QED) is 0.629. The van der Waals surface area contributed by atoms with Crippen LogP contribution in [0.2, 0.25) is 5.02 Å². The number of aliphatic hydroxyl groups is 1. The van der Waals surface area contributed by atoms with Crippen LogP contribution in [0.15, 0.2) is 18.2 Å². The Morgan fingerprint density at radius 2 is 2.18 bits per heavy atom. The van der Waals surface area contributed by atoms with Gasteiger partial charge in [-0.3, -0.25) is 10.1 Å². The third-order valence-electron chi connectivity index (χ3n) is 2.37. The van der Waals surface area contributed by atoms with Gasteiger partial charge in [0.2, 0.25) is 0 Å². The molecule has 6 heteroatoms. The summed E-state index contributed by atoms with van der Waals surface area (Å²) in [4.78, 5) is 10.1. The number of hydrogen-bond acceptors (Lipinski definition) is 4. The van der Waals surface area contributed by atoms with E-state index >= 15 is 0 Å². The second-order valence-corrected chi connectivity index (χ2v) is 4.81. The zero-order valence-electron chi connectivity index (χ0n) is 9.74. The molecule has 0 bridgehead atoms. The van der Waals surface area contributed by atoms with Crippen LogP contribution in [0, 0.1) is 10.1 Å². The molecule has 1 rings (SSSR count). The number of benzene rings is 1. The summed E-state index contributed by atoms with van der Waals surface area (Å²) in [5.74, 6) is 0. The lowest BCUT2D eigenvalue weighted by molar-refractivity contribution is -0.384. The maximum atomic E-state index is 10.5. The maximum Gasteiger partial charge on any atom is 0.271 e. The molecule has 0 unspecified atom stereocenters. The number of nitrogens with one attached hydrogen (secondary N) is 1. The van der Waals surface area contributed by atoms with Gasteiger partial charge >= 0.3 is 0 Å². The highest BCUT2D eigenvalue weighted by molar-refractivity contribution is 6.33. The number of aliphatic hydroxyl groups excluding tert-OH is 1. The van der Waals surface area contributed by atoms with Gasteiger partial charge in [-0.1, -0.05) is 11.6 Å². The fraction of sp³-hybridized carbons (Fsp3) is 0.455. The fourth-order valence-corrected chi connectivity index (χ4v) is 1.65. The van der Waals surface area contributed by atoms with E-state index in [1.165, 1.54) is 12.1 Å². The Morgan fingerprint density at radius 1 is 1.53 bits per heavy atom. The average molecular weight is 259 g/mol. The summed E-state index contributed by atoms with van der Waals surface area (Å²) in [5, 5.41) is 22.9. The summed E-state index contributed by atoms with van der Waals surface area (Å²) in [5.41, 5.74) is 0.255. The number of anilines is 1. The molecular weight excluding hydrogens is 244 g/mol. The fourth-order valence-electron chi connectivity index (χ4n) is 1.43. The molecule has 0 aliphatic heterocycles. The van der Waals surface area contributed by atoms with E-state index < -0.39 is 4.92 Å². The number of rotatable bonds is 5. The standard InChI is InChI=1S/C11H15ClN2O3/c1-11(2,5-6-15)13-10-4-3-8(14(16)17)7-9(10)12/h3-4,7,13,15H,5-6H2,1-2H3. The van der Waals surface area contributed by atoms with Gasteiger partial charge < -0.3 is 10.4 Å². The van der Waals surface area contributed by atoms with Crippen molar-refractivity contribution in [1.82, 2.24) is 0 Å². The van der Waals surface area contributed by atoms with Gasteiger partial charge in [0.05, 0.1) is 15.6 Å². The zero-order chi connectivity index (χ0) is 13.1. The SMILES string of the molecule is CC(C)(CCO)Nc1ccc([N+](=O)[O-])cc1Cl. The molecule has 0 spiro atoms. The molecule has 0 aromatic heterocycles. The van der Waals surface area contributed by atoms with E-state index in [0.717, 1.165) is 0 Å². The van der Waals surface area contributed by atoms with Crippen LogP contribution in [-0.2, 0) is 0 Å². The molecule has 0 fully saturated rings. The third-order valence-corrected chi connectivity index (χ3v) is 2.69. The lowest BCUT2D eigenvalue weighted by atomic mass is 10.0. The smallest absolute Gasteiger partial charge is 0.271 e. The van der Waals surface area contributed by atoms with Crippen molar-refractivity contribution < 1.29 is 10.0 Å². The molecule has 0 heterocycles. The van der Waals surface area contributed by atoms with Crippen LogP contribution >= 0.6 is 11.6 Å². The van der Waals surface area contributed by atoms with Crippen molar-refractivity contribution in [2.45, 2.75) is 25.8 Å². The number of nitrogens with zero attached hydrogens (tertiary/aromatic N) is 1. The molecule has 0 aliphatic carbocycles. The van der Waals surface area contributed by atoms with Crippen LogP contribution in [0.4, 0.5) is 11.4 Å². The average Bonchev–Trinajstić information content (AvgIpc) is 2.20. The van der Waals surface area contributed by atoms with Gasteiger partial charge in [0.15, 0.2) is 0 Å². The van der Waals surface area contributed by atoms with Crippen molar-refractivity contribution >= 4 is 23.0 Å². The third kappa shape index (κ3) is 3.87. The van der Waals surface area contributed by atoms with E-state index in [4.69, 9.17) is 16.7 Å². The largest absolute Gasteiger partial charge is 0.396 e. The normalized spacial score (nSPS) is 11.3. The first-order chi connectivity index (χ1) is 7.85. The predicted molar refractivity (Wildman–Crippen MR) is 67.5 cm³/mol. The molecule has 0 atom stereocenters. The highest BCUT2D eigenvalue weighted by atomic mass is 35.5. The van der Waals surface area contributed by atoms with Crippen LogP contribution in [0.5, 0.6) is 0 Å². The molecule has 1 aromatic rings. The van der Waals surface area contributed by atoms with Crippen LogP contribution < -0.4 is 5.32 Å². The van der Waals surface area contributed by atoms with E-state index in [9.17, 15) is 10.1 Å². The van der Waals surface area contributed by atoms with Crippen molar-refractivity contribution in [2.75, 3.05) is 11.9 Å². The van der Waals surface area contributed by atoms with Crippen molar-refractivity contribution in [3.05, 3.63) is 33.3 Å². The molecule has 1 aromatic carbocycles. The van der Waals surface area contributed by atoms with Crippen molar-refractivity contribution in [1.29, 1.82) is 0 Å². The molecule has 0 radical (unpaired) electrons. The Kier molecular flexibility index (Phi) is 4.31. The Balaban J connectivity index is 2.90. The first-order valence-corrected chi connectivity index (χ1v) is 5.56. The van der Waals surface area contributed by atoms with Gasteiger partial charge in [-0.2, -0.15) is 0 Å². The Hall–Kier alpha value is -1.33. The first kappa shape index (κ1) is 13.7. The number of non-ortho nitro benzene ring substituents is 1. The molecule has 0 aliphatic rings. The van der Waals surface area contributed by atoms with E-state index in [2.05, 4.69) is 5.32 Å². The number of nitro groups is 1. The van der Waals surface area contributed by atoms with Gasteiger partial charge in [0.25, 0.3) is 5.69 Å². The summed E-state index contributed by atoms with van der Waals surface area (Å²) in [6.07, 6.45) is 0.556. The van der Waals surface area contributed by atoms with Gasteiger partial charge in [-0.25, -0.2) is 0 Å². The summed E-state index contributed by atoms with van der Waals surface area (Å²) < 4.78 is 0. The van der Waals surface area contributed by atoms with Crippen LogP contribution in [0.3, 0.4) is 0 Å². The maximum absolute atomic E-state index is 10.5. The van der Waals surface area contributed by atoms with Crippen molar-refractivity contribution in [2.24, 2.45) is 0 Å². The minimum Gasteiger partial charge on any atom is -0.396 e. The summed E-state index contributed by atoms with van der Waals surface area (Å²) in [6.45, 7) is 3.90. The molecule has 0 saturated heterocycles. The van der Waals surface area contributed by atoms with E-state index in [-0.39, 0.29) is 17.8 Å². The van der Waals surface area contributed by atoms with Gasteiger partial charge in [-0.15, -0.1) is 0 Å². The Bertz CT molecular complexity index is 421. The Labute approximate surface area is 105 Å². The number of halogens is 1. The molecule has 94 valence electrons. The molecule has 0 saturated carbocycles. The van der Waals surface area contributed by atoms with E-state index in [1.807, 2.05) is 13.8 Å². The summed E-state index contributed by atoms with van der Waals surface area (Å²) in [7, 11) is 0. The van der Waals surface area contributed by atoms with Crippen LogP contribution in [-0.4, -0.2) is 22.2 Å². The zero-order valence-corrected chi connectivity index (χ0v) is 10.5. The lowest BCUT2D eigenvalue weighted by Gasteiger charge is -2.27. The van der Waals surface area contributed by atoms with E-state index in [0.29, 0.717) is 17.1 Å².